The fraction of sp³-hybridized carbons (Fsp3) is 0.417. The number of ether oxygens (including phenoxy) is 1. The molecule has 0 N–H and O–H groups in total. The molecule has 0 aliphatic carbocycles. The summed E-state index contributed by atoms with van der Waals surface area (Å²) in [5.41, 5.74) is 0. The minimum Gasteiger partial charge on any atom is -0.481 e. The summed E-state index contributed by atoms with van der Waals surface area (Å²) < 4.78 is 5.51. The Labute approximate surface area is 95.2 Å². The summed E-state index contributed by atoms with van der Waals surface area (Å²) in [6.07, 6.45) is 0.0890. The summed E-state index contributed by atoms with van der Waals surface area (Å²) in [6.45, 7) is 4.06. The zero-order valence-corrected chi connectivity index (χ0v) is 9.70. The number of para-hydroxylation sites is 1. The van der Waals surface area contributed by atoms with Crippen molar-refractivity contribution in [2.45, 2.75) is 26.4 Å². The summed E-state index contributed by atoms with van der Waals surface area (Å²) >= 11 is 5.47. The lowest BCUT2D eigenvalue weighted by Crippen LogP contribution is -2.25. The van der Waals surface area contributed by atoms with Crippen LogP contribution in [-0.4, -0.2) is 11.3 Å². The maximum absolute atomic E-state index is 11.1. The molecule has 0 aromatic heterocycles. The lowest BCUT2D eigenvalue weighted by Gasteiger charge is -2.16. The summed E-state index contributed by atoms with van der Waals surface area (Å²) in [6, 6.07) is 9.24. The topological polar surface area (TPSA) is 26.3 Å². The summed E-state index contributed by atoms with van der Waals surface area (Å²) in [7, 11) is 0. The number of carbonyl (C=O) groups is 1. The second-order valence-corrected chi connectivity index (χ2v) is 4.23. The highest BCUT2D eigenvalue weighted by atomic mass is 35.5. The smallest absolute Gasteiger partial charge is 0.262 e. The van der Waals surface area contributed by atoms with Gasteiger partial charge in [0.1, 0.15) is 5.75 Å². The molecule has 1 unspecified atom stereocenters. The molecule has 1 rings (SSSR count). The van der Waals surface area contributed by atoms with Gasteiger partial charge in [-0.1, -0.05) is 32.0 Å². The van der Waals surface area contributed by atoms with Gasteiger partial charge < -0.3 is 4.74 Å². The van der Waals surface area contributed by atoms with E-state index in [0.717, 1.165) is 0 Å². The average Bonchev–Trinajstić information content (AvgIpc) is 2.17. The number of benzene rings is 1. The molecule has 2 nitrogen and oxygen atoms in total. The molecule has 0 amide bonds. The van der Waals surface area contributed by atoms with E-state index >= 15 is 0 Å². The summed E-state index contributed by atoms with van der Waals surface area (Å²) in [5.74, 6) is 1.05. The molecule has 0 fully saturated rings. The Bertz CT molecular complexity index is 309. The summed E-state index contributed by atoms with van der Waals surface area (Å²) in [5, 5.41) is -0.437. The first-order valence-corrected chi connectivity index (χ1v) is 5.38. The van der Waals surface area contributed by atoms with Crippen LogP contribution in [0.15, 0.2) is 30.3 Å². The van der Waals surface area contributed by atoms with E-state index in [0.29, 0.717) is 18.1 Å². The van der Waals surface area contributed by atoms with Crippen molar-refractivity contribution in [1.29, 1.82) is 0 Å². The van der Waals surface area contributed by atoms with Crippen molar-refractivity contribution in [2.75, 3.05) is 0 Å². The van der Waals surface area contributed by atoms with E-state index in [1.165, 1.54) is 0 Å². The van der Waals surface area contributed by atoms with E-state index in [-0.39, 0.29) is 0 Å². The first-order chi connectivity index (χ1) is 7.09. The normalized spacial score (nSPS) is 12.5. The van der Waals surface area contributed by atoms with Gasteiger partial charge in [0.15, 0.2) is 6.10 Å². The predicted octanol–water partition coefficient (Wildman–Crippen LogP) is 3.25. The quantitative estimate of drug-likeness (QED) is 0.721. The zero-order valence-electron chi connectivity index (χ0n) is 8.94. The zero-order chi connectivity index (χ0) is 11.3. The van der Waals surface area contributed by atoms with Crippen molar-refractivity contribution >= 4 is 16.8 Å². The van der Waals surface area contributed by atoms with Gasteiger partial charge in [-0.05, 0) is 36.1 Å². The van der Waals surface area contributed by atoms with E-state index in [9.17, 15) is 4.79 Å². The fourth-order valence-electron chi connectivity index (χ4n) is 1.28. The van der Waals surface area contributed by atoms with Gasteiger partial charge in [0.25, 0.3) is 5.24 Å². The van der Waals surface area contributed by atoms with Crippen molar-refractivity contribution in [2.24, 2.45) is 5.92 Å². The molecular weight excluding hydrogens is 212 g/mol. The Kier molecular flexibility index (Phi) is 4.63. The van der Waals surface area contributed by atoms with Crippen LogP contribution in [0.2, 0.25) is 0 Å². The Balaban J connectivity index is 2.63. The first-order valence-electron chi connectivity index (χ1n) is 5.00. The molecule has 0 radical (unpaired) electrons. The van der Waals surface area contributed by atoms with Crippen molar-refractivity contribution < 1.29 is 9.53 Å². The molecule has 0 bridgehead atoms. The van der Waals surface area contributed by atoms with Gasteiger partial charge in [0, 0.05) is 0 Å². The van der Waals surface area contributed by atoms with Gasteiger partial charge in [-0.3, -0.25) is 4.79 Å². The standard InChI is InChI=1S/C12H15ClO2/c1-9(2)8-11(12(13)14)15-10-6-4-3-5-7-10/h3-7,9,11H,8H2,1-2H3. The molecule has 1 atom stereocenters. The van der Waals surface area contributed by atoms with Crippen LogP contribution >= 0.6 is 11.6 Å². The van der Waals surface area contributed by atoms with Crippen molar-refractivity contribution in [3.8, 4) is 5.75 Å². The third-order valence-corrected chi connectivity index (χ3v) is 2.20. The monoisotopic (exact) mass is 226 g/mol. The molecule has 0 spiro atoms. The SMILES string of the molecule is CC(C)CC(Oc1ccccc1)C(=O)Cl. The number of rotatable bonds is 5. The highest BCUT2D eigenvalue weighted by Gasteiger charge is 2.19. The van der Waals surface area contributed by atoms with Crippen LogP contribution in [0, 0.1) is 5.92 Å². The number of carbonyl (C=O) groups excluding carboxylic acids is 1. The second-order valence-electron chi connectivity index (χ2n) is 3.85. The van der Waals surface area contributed by atoms with E-state index < -0.39 is 11.3 Å². The maximum Gasteiger partial charge on any atom is 0.262 e. The van der Waals surface area contributed by atoms with Gasteiger partial charge >= 0.3 is 0 Å². The minimum absolute atomic E-state index is 0.376. The minimum atomic E-state index is -0.547. The maximum atomic E-state index is 11.1. The Morgan fingerprint density at radius 2 is 1.93 bits per heavy atom. The molecule has 1 aromatic carbocycles. The average molecular weight is 227 g/mol. The van der Waals surface area contributed by atoms with Gasteiger partial charge in [0.05, 0.1) is 0 Å². The molecule has 0 saturated carbocycles. The van der Waals surface area contributed by atoms with Gasteiger partial charge in [-0.2, -0.15) is 0 Å². The predicted molar refractivity (Wildman–Crippen MR) is 61.2 cm³/mol. The van der Waals surface area contributed by atoms with Crippen molar-refractivity contribution in [3.05, 3.63) is 30.3 Å². The fourth-order valence-corrected chi connectivity index (χ4v) is 1.41. The van der Waals surface area contributed by atoms with Crippen LogP contribution < -0.4 is 4.74 Å². The molecule has 0 aliphatic heterocycles. The molecule has 0 saturated heterocycles. The molecule has 0 aliphatic rings. The number of halogens is 1. The van der Waals surface area contributed by atoms with E-state index in [2.05, 4.69) is 0 Å². The Morgan fingerprint density at radius 3 is 2.40 bits per heavy atom. The van der Waals surface area contributed by atoms with Crippen LogP contribution in [0.4, 0.5) is 0 Å². The highest BCUT2D eigenvalue weighted by molar-refractivity contribution is 6.64. The Morgan fingerprint density at radius 1 is 1.33 bits per heavy atom. The number of hydrogen-bond acceptors (Lipinski definition) is 2. The van der Waals surface area contributed by atoms with Crippen LogP contribution in [0.5, 0.6) is 5.75 Å². The van der Waals surface area contributed by atoms with Crippen LogP contribution in [0.1, 0.15) is 20.3 Å². The first kappa shape index (κ1) is 12.1. The largest absolute Gasteiger partial charge is 0.481 e. The van der Waals surface area contributed by atoms with Crippen molar-refractivity contribution in [3.63, 3.8) is 0 Å². The molecule has 82 valence electrons. The van der Waals surface area contributed by atoms with Gasteiger partial charge in [0.2, 0.25) is 0 Å². The van der Waals surface area contributed by atoms with Crippen LogP contribution in [0.3, 0.4) is 0 Å². The van der Waals surface area contributed by atoms with E-state index in [4.69, 9.17) is 16.3 Å². The van der Waals surface area contributed by atoms with Crippen LogP contribution in [0.25, 0.3) is 0 Å². The molecule has 3 heteroatoms. The van der Waals surface area contributed by atoms with E-state index in [1.54, 1.807) is 0 Å². The molecule has 15 heavy (non-hydrogen) atoms. The lowest BCUT2D eigenvalue weighted by atomic mass is 10.1. The highest BCUT2D eigenvalue weighted by Crippen LogP contribution is 2.17. The van der Waals surface area contributed by atoms with Gasteiger partial charge in [-0.15, -0.1) is 0 Å². The molecular formula is C12H15ClO2. The Hall–Kier alpha value is -1.02. The second kappa shape index (κ2) is 5.76. The van der Waals surface area contributed by atoms with Crippen molar-refractivity contribution in [1.82, 2.24) is 0 Å². The third kappa shape index (κ3) is 4.34. The molecule has 1 aromatic rings. The van der Waals surface area contributed by atoms with E-state index in [1.807, 2.05) is 44.2 Å². The number of hydrogen-bond donors (Lipinski definition) is 0. The lowest BCUT2D eigenvalue weighted by molar-refractivity contribution is -0.118. The third-order valence-electron chi connectivity index (χ3n) is 1.96. The van der Waals surface area contributed by atoms with Crippen LogP contribution in [-0.2, 0) is 4.79 Å². The molecule has 0 heterocycles. The summed E-state index contributed by atoms with van der Waals surface area (Å²) in [4.78, 5) is 11.1. The van der Waals surface area contributed by atoms with Gasteiger partial charge in [-0.25, -0.2) is 0 Å².